The van der Waals surface area contributed by atoms with E-state index in [-0.39, 0.29) is 5.91 Å². The first-order valence-electron chi connectivity index (χ1n) is 6.86. The lowest BCUT2D eigenvalue weighted by atomic mass is 10.2. The van der Waals surface area contributed by atoms with Crippen LogP contribution in [0, 0.1) is 11.8 Å². The van der Waals surface area contributed by atoms with Crippen LogP contribution in [0.2, 0.25) is 0 Å². The number of nitrogens with two attached hydrogens (primary N) is 1. The van der Waals surface area contributed by atoms with Gasteiger partial charge in [-0.2, -0.15) is 0 Å². The Morgan fingerprint density at radius 2 is 2.00 bits per heavy atom. The molecule has 3 nitrogen and oxygen atoms in total. The van der Waals surface area contributed by atoms with E-state index in [9.17, 15) is 4.79 Å². The Hall–Kier alpha value is -2.09. The van der Waals surface area contributed by atoms with Gasteiger partial charge in [0.25, 0.3) is 5.91 Å². The van der Waals surface area contributed by atoms with Gasteiger partial charge in [0.2, 0.25) is 0 Å². The lowest BCUT2D eigenvalue weighted by molar-refractivity contribution is 0.0757. The molecule has 0 aliphatic carbocycles. The van der Waals surface area contributed by atoms with Crippen LogP contribution in [0.3, 0.4) is 0 Å². The first-order chi connectivity index (χ1) is 10.2. The number of thiophene rings is 1. The molecule has 0 aliphatic rings. The Labute approximate surface area is 129 Å². The lowest BCUT2D eigenvalue weighted by Gasteiger charge is -2.20. The average molecular weight is 298 g/mol. The fourth-order valence-electron chi connectivity index (χ4n) is 1.95. The van der Waals surface area contributed by atoms with Gasteiger partial charge in [0.1, 0.15) is 0 Å². The number of amides is 1. The van der Waals surface area contributed by atoms with Gasteiger partial charge in [-0.15, -0.1) is 11.3 Å². The minimum atomic E-state index is 0.0483. The summed E-state index contributed by atoms with van der Waals surface area (Å²) in [6.07, 6.45) is 0. The number of carbonyl (C=O) groups excluding carboxylic acids is 1. The third-order valence-electron chi connectivity index (χ3n) is 3.02. The molecule has 2 rings (SSSR count). The molecule has 1 heterocycles. The number of nitrogens with zero attached hydrogens (tertiary/aromatic N) is 1. The number of hydrogen-bond acceptors (Lipinski definition) is 3. The molecule has 1 amide bonds. The SMILES string of the molecule is CCN(Cc1ccccc1)C(=O)c1ccc(C#CCN)s1. The zero-order valence-electron chi connectivity index (χ0n) is 12.0. The van der Waals surface area contributed by atoms with Gasteiger partial charge in [0.05, 0.1) is 16.3 Å². The van der Waals surface area contributed by atoms with Crippen LogP contribution in [0.1, 0.15) is 27.0 Å². The fourth-order valence-corrected chi connectivity index (χ4v) is 2.79. The Bertz CT molecular complexity index is 652. The lowest BCUT2D eigenvalue weighted by Crippen LogP contribution is -2.29. The van der Waals surface area contributed by atoms with Gasteiger partial charge < -0.3 is 10.6 Å². The molecule has 0 saturated heterocycles. The van der Waals surface area contributed by atoms with Crippen molar-refractivity contribution in [3.63, 3.8) is 0 Å². The van der Waals surface area contributed by atoms with Crippen LogP contribution in [0.4, 0.5) is 0 Å². The Kier molecular flexibility index (Phi) is 5.56. The summed E-state index contributed by atoms with van der Waals surface area (Å²) in [4.78, 5) is 16.0. The smallest absolute Gasteiger partial charge is 0.264 e. The standard InChI is InChI=1S/C17H18N2OS/c1-2-19(13-14-7-4-3-5-8-14)17(20)16-11-10-15(21-16)9-6-12-18/h3-5,7-8,10-11H,2,12-13,18H2,1H3. The molecular formula is C17H18N2OS. The molecule has 0 unspecified atom stereocenters. The van der Waals surface area contributed by atoms with E-state index in [2.05, 4.69) is 11.8 Å². The van der Waals surface area contributed by atoms with Crippen molar-refractivity contribution in [2.45, 2.75) is 13.5 Å². The summed E-state index contributed by atoms with van der Waals surface area (Å²) in [5, 5.41) is 0. The van der Waals surface area contributed by atoms with E-state index >= 15 is 0 Å². The molecule has 0 saturated carbocycles. The molecule has 2 aromatic rings. The van der Waals surface area contributed by atoms with Crippen LogP contribution < -0.4 is 5.73 Å². The van der Waals surface area contributed by atoms with Gasteiger partial charge in [-0.3, -0.25) is 4.79 Å². The topological polar surface area (TPSA) is 46.3 Å². The minimum absolute atomic E-state index is 0.0483. The highest BCUT2D eigenvalue weighted by Crippen LogP contribution is 2.18. The quantitative estimate of drug-likeness (QED) is 0.882. The number of rotatable bonds is 4. The van der Waals surface area contributed by atoms with Crippen LogP contribution in [0.25, 0.3) is 0 Å². The van der Waals surface area contributed by atoms with Crippen molar-refractivity contribution in [3.05, 3.63) is 57.8 Å². The molecule has 0 atom stereocenters. The monoisotopic (exact) mass is 298 g/mol. The van der Waals surface area contributed by atoms with Crippen molar-refractivity contribution < 1.29 is 4.79 Å². The Morgan fingerprint density at radius 3 is 2.67 bits per heavy atom. The molecule has 0 bridgehead atoms. The molecule has 0 fully saturated rings. The summed E-state index contributed by atoms with van der Waals surface area (Å²) in [6, 6.07) is 13.7. The summed E-state index contributed by atoms with van der Waals surface area (Å²) < 4.78 is 0. The van der Waals surface area contributed by atoms with Gasteiger partial charge in [0, 0.05) is 13.1 Å². The highest BCUT2D eigenvalue weighted by Gasteiger charge is 2.16. The second-order valence-electron chi connectivity index (χ2n) is 4.47. The van der Waals surface area contributed by atoms with E-state index < -0.39 is 0 Å². The van der Waals surface area contributed by atoms with Crippen molar-refractivity contribution in [1.82, 2.24) is 4.90 Å². The third kappa shape index (κ3) is 4.19. The summed E-state index contributed by atoms with van der Waals surface area (Å²) in [5.41, 5.74) is 6.49. The van der Waals surface area contributed by atoms with Gasteiger partial charge in [-0.05, 0) is 24.6 Å². The van der Waals surface area contributed by atoms with Crippen LogP contribution in [0.5, 0.6) is 0 Å². The van der Waals surface area contributed by atoms with Crippen molar-refractivity contribution >= 4 is 17.2 Å². The molecule has 2 N–H and O–H groups in total. The molecule has 0 radical (unpaired) electrons. The normalized spacial score (nSPS) is 9.81. The van der Waals surface area contributed by atoms with Crippen molar-refractivity contribution in [3.8, 4) is 11.8 Å². The van der Waals surface area contributed by atoms with Crippen LogP contribution in [-0.4, -0.2) is 23.9 Å². The number of hydrogen-bond donors (Lipinski definition) is 1. The van der Waals surface area contributed by atoms with Gasteiger partial charge in [0.15, 0.2) is 0 Å². The summed E-state index contributed by atoms with van der Waals surface area (Å²) in [6.45, 7) is 3.62. The van der Waals surface area contributed by atoms with E-state index in [0.717, 1.165) is 10.4 Å². The first kappa shape index (κ1) is 15.3. The molecule has 108 valence electrons. The van der Waals surface area contributed by atoms with Gasteiger partial charge in [-0.25, -0.2) is 0 Å². The van der Waals surface area contributed by atoms with E-state index in [1.165, 1.54) is 11.3 Å². The van der Waals surface area contributed by atoms with Crippen LogP contribution in [-0.2, 0) is 6.54 Å². The predicted octanol–water partition coefficient (Wildman–Crippen LogP) is 2.72. The molecule has 0 spiro atoms. The second kappa shape index (κ2) is 7.63. The zero-order valence-corrected chi connectivity index (χ0v) is 12.8. The van der Waals surface area contributed by atoms with E-state index in [4.69, 9.17) is 5.73 Å². The molecule has 0 aliphatic heterocycles. The van der Waals surface area contributed by atoms with Crippen molar-refractivity contribution in [2.24, 2.45) is 5.73 Å². The van der Waals surface area contributed by atoms with E-state index in [0.29, 0.717) is 24.5 Å². The largest absolute Gasteiger partial charge is 0.334 e. The summed E-state index contributed by atoms with van der Waals surface area (Å²) >= 11 is 1.41. The van der Waals surface area contributed by atoms with Crippen LogP contribution in [0.15, 0.2) is 42.5 Å². The Morgan fingerprint density at radius 1 is 1.24 bits per heavy atom. The molecule has 21 heavy (non-hydrogen) atoms. The highest BCUT2D eigenvalue weighted by molar-refractivity contribution is 7.14. The van der Waals surface area contributed by atoms with Crippen molar-refractivity contribution in [1.29, 1.82) is 0 Å². The number of carbonyl (C=O) groups is 1. The molecule has 1 aromatic carbocycles. The average Bonchev–Trinajstić information content (AvgIpc) is 3.00. The van der Waals surface area contributed by atoms with Gasteiger partial charge in [-0.1, -0.05) is 42.2 Å². The summed E-state index contributed by atoms with van der Waals surface area (Å²) in [5.74, 6) is 5.81. The first-order valence-corrected chi connectivity index (χ1v) is 7.68. The second-order valence-corrected chi connectivity index (χ2v) is 5.56. The third-order valence-corrected chi connectivity index (χ3v) is 4.00. The maximum Gasteiger partial charge on any atom is 0.264 e. The molecular weight excluding hydrogens is 280 g/mol. The van der Waals surface area contributed by atoms with Crippen molar-refractivity contribution in [2.75, 3.05) is 13.1 Å². The minimum Gasteiger partial charge on any atom is -0.334 e. The maximum absolute atomic E-state index is 12.5. The zero-order chi connectivity index (χ0) is 15.1. The highest BCUT2D eigenvalue weighted by atomic mass is 32.1. The molecule has 4 heteroatoms. The van der Waals surface area contributed by atoms with E-state index in [1.807, 2.05) is 54.3 Å². The van der Waals surface area contributed by atoms with E-state index in [1.54, 1.807) is 0 Å². The predicted molar refractivity (Wildman–Crippen MR) is 87.1 cm³/mol. The summed E-state index contributed by atoms with van der Waals surface area (Å²) in [7, 11) is 0. The maximum atomic E-state index is 12.5. The fraction of sp³-hybridized carbons (Fsp3) is 0.235. The number of benzene rings is 1. The molecule has 1 aromatic heterocycles. The Balaban J connectivity index is 2.11. The van der Waals surface area contributed by atoms with Gasteiger partial charge >= 0.3 is 0 Å². The van der Waals surface area contributed by atoms with Crippen LogP contribution >= 0.6 is 11.3 Å².